The van der Waals surface area contributed by atoms with E-state index in [0.717, 1.165) is 12.0 Å². The van der Waals surface area contributed by atoms with Gasteiger partial charge in [0.15, 0.2) is 0 Å². The van der Waals surface area contributed by atoms with Crippen LogP contribution in [-0.2, 0) is 0 Å². The SMILES string of the molecule is C1=CC(CC2CCCCCN2)CC1. The minimum atomic E-state index is 0.815. The number of allylic oxidation sites excluding steroid dienone is 2. The molecule has 0 spiro atoms. The maximum absolute atomic E-state index is 3.67. The van der Waals surface area contributed by atoms with E-state index in [4.69, 9.17) is 0 Å². The second kappa shape index (κ2) is 4.80. The van der Waals surface area contributed by atoms with E-state index in [1.807, 2.05) is 0 Å². The molecule has 1 N–H and O–H groups in total. The molecule has 2 aliphatic rings. The Bertz CT molecular complexity index is 166. The fraction of sp³-hybridized carbons (Fsp3) is 0.833. The zero-order valence-corrected chi connectivity index (χ0v) is 8.47. The third kappa shape index (κ3) is 2.84. The summed E-state index contributed by atoms with van der Waals surface area (Å²) in [6, 6.07) is 0.815. The Morgan fingerprint density at radius 3 is 3.00 bits per heavy atom. The van der Waals surface area contributed by atoms with Crippen molar-refractivity contribution in [2.24, 2.45) is 5.92 Å². The Kier molecular flexibility index (Phi) is 3.42. The Morgan fingerprint density at radius 1 is 1.15 bits per heavy atom. The standard InChI is InChI=1S/C12H21N/c1-2-8-12(13-9-5-1)10-11-6-3-4-7-11/h3,6,11-13H,1-2,4-5,7-10H2. The Morgan fingerprint density at radius 2 is 2.15 bits per heavy atom. The molecule has 1 fully saturated rings. The van der Waals surface area contributed by atoms with Crippen molar-refractivity contribution in [2.75, 3.05) is 6.54 Å². The maximum atomic E-state index is 3.67. The average Bonchev–Trinajstić information content (AvgIpc) is 2.49. The Balaban J connectivity index is 1.75. The summed E-state index contributed by atoms with van der Waals surface area (Å²) in [6.07, 6.45) is 14.5. The van der Waals surface area contributed by atoms with Crippen molar-refractivity contribution >= 4 is 0 Å². The van der Waals surface area contributed by atoms with E-state index in [-0.39, 0.29) is 0 Å². The number of rotatable bonds is 2. The number of hydrogen-bond acceptors (Lipinski definition) is 1. The van der Waals surface area contributed by atoms with Gasteiger partial charge in [0.2, 0.25) is 0 Å². The minimum absolute atomic E-state index is 0.815. The highest BCUT2D eigenvalue weighted by molar-refractivity contribution is 4.97. The van der Waals surface area contributed by atoms with Gasteiger partial charge in [-0.05, 0) is 44.6 Å². The third-order valence-electron chi connectivity index (χ3n) is 3.36. The maximum Gasteiger partial charge on any atom is 0.00726 e. The van der Waals surface area contributed by atoms with Crippen LogP contribution in [0.1, 0.15) is 44.9 Å². The molecule has 0 saturated carbocycles. The smallest absolute Gasteiger partial charge is 0.00726 e. The molecule has 2 atom stereocenters. The fourth-order valence-electron chi connectivity index (χ4n) is 2.56. The normalized spacial score (nSPS) is 34.8. The molecular formula is C12H21N. The topological polar surface area (TPSA) is 12.0 Å². The molecule has 1 nitrogen and oxygen atoms in total. The van der Waals surface area contributed by atoms with E-state index < -0.39 is 0 Å². The van der Waals surface area contributed by atoms with Gasteiger partial charge >= 0.3 is 0 Å². The van der Waals surface area contributed by atoms with E-state index in [0.29, 0.717) is 0 Å². The molecule has 0 amide bonds. The van der Waals surface area contributed by atoms with Crippen LogP contribution in [0.15, 0.2) is 12.2 Å². The quantitative estimate of drug-likeness (QED) is 0.643. The Labute approximate surface area is 81.6 Å². The van der Waals surface area contributed by atoms with Crippen molar-refractivity contribution < 1.29 is 0 Å². The molecule has 1 saturated heterocycles. The summed E-state index contributed by atoms with van der Waals surface area (Å²) < 4.78 is 0. The number of hydrogen-bond donors (Lipinski definition) is 1. The van der Waals surface area contributed by atoms with Crippen molar-refractivity contribution in [3.63, 3.8) is 0 Å². The zero-order valence-electron chi connectivity index (χ0n) is 8.47. The lowest BCUT2D eigenvalue weighted by molar-refractivity contribution is 0.416. The van der Waals surface area contributed by atoms with Crippen LogP contribution in [0.5, 0.6) is 0 Å². The molecule has 2 unspecified atom stereocenters. The van der Waals surface area contributed by atoms with Crippen molar-refractivity contribution in [3.8, 4) is 0 Å². The van der Waals surface area contributed by atoms with Gasteiger partial charge in [0, 0.05) is 6.04 Å². The van der Waals surface area contributed by atoms with Crippen LogP contribution in [0.2, 0.25) is 0 Å². The lowest BCUT2D eigenvalue weighted by Gasteiger charge is -2.18. The lowest BCUT2D eigenvalue weighted by Crippen LogP contribution is -2.29. The monoisotopic (exact) mass is 179 g/mol. The van der Waals surface area contributed by atoms with Crippen LogP contribution in [0.4, 0.5) is 0 Å². The van der Waals surface area contributed by atoms with Gasteiger partial charge in [-0.15, -0.1) is 0 Å². The predicted molar refractivity (Wildman–Crippen MR) is 56.7 cm³/mol. The molecule has 1 heteroatoms. The number of nitrogens with one attached hydrogen (secondary N) is 1. The van der Waals surface area contributed by atoms with E-state index in [1.54, 1.807) is 0 Å². The molecule has 13 heavy (non-hydrogen) atoms. The van der Waals surface area contributed by atoms with Gasteiger partial charge in [-0.1, -0.05) is 25.0 Å². The first-order chi connectivity index (χ1) is 6.45. The van der Waals surface area contributed by atoms with Crippen LogP contribution in [0.25, 0.3) is 0 Å². The van der Waals surface area contributed by atoms with Gasteiger partial charge in [-0.25, -0.2) is 0 Å². The molecule has 0 aromatic rings. The van der Waals surface area contributed by atoms with Gasteiger partial charge in [0.1, 0.15) is 0 Å². The lowest BCUT2D eigenvalue weighted by atomic mass is 9.96. The molecule has 0 bridgehead atoms. The molecule has 0 aromatic heterocycles. The first kappa shape index (κ1) is 9.26. The third-order valence-corrected chi connectivity index (χ3v) is 3.36. The van der Waals surface area contributed by atoms with Gasteiger partial charge in [0.25, 0.3) is 0 Å². The summed E-state index contributed by atoms with van der Waals surface area (Å²) in [5, 5.41) is 3.67. The van der Waals surface area contributed by atoms with Crippen LogP contribution in [0.3, 0.4) is 0 Å². The molecule has 1 heterocycles. The molecule has 74 valence electrons. The molecule has 0 aromatic carbocycles. The highest BCUT2D eigenvalue weighted by atomic mass is 14.9. The second-order valence-corrected chi connectivity index (χ2v) is 4.50. The molecule has 0 radical (unpaired) electrons. The van der Waals surface area contributed by atoms with E-state index in [9.17, 15) is 0 Å². The summed E-state index contributed by atoms with van der Waals surface area (Å²) in [6.45, 7) is 1.25. The summed E-state index contributed by atoms with van der Waals surface area (Å²) >= 11 is 0. The van der Waals surface area contributed by atoms with Crippen LogP contribution in [-0.4, -0.2) is 12.6 Å². The molecule has 1 aliphatic heterocycles. The van der Waals surface area contributed by atoms with Crippen molar-refractivity contribution in [3.05, 3.63) is 12.2 Å². The van der Waals surface area contributed by atoms with Crippen LogP contribution >= 0.6 is 0 Å². The van der Waals surface area contributed by atoms with E-state index >= 15 is 0 Å². The average molecular weight is 179 g/mol. The fourth-order valence-corrected chi connectivity index (χ4v) is 2.56. The minimum Gasteiger partial charge on any atom is -0.314 e. The second-order valence-electron chi connectivity index (χ2n) is 4.50. The summed E-state index contributed by atoms with van der Waals surface area (Å²) in [4.78, 5) is 0. The van der Waals surface area contributed by atoms with Crippen molar-refractivity contribution in [2.45, 2.75) is 51.0 Å². The van der Waals surface area contributed by atoms with Crippen molar-refractivity contribution in [1.82, 2.24) is 5.32 Å². The largest absolute Gasteiger partial charge is 0.314 e. The zero-order chi connectivity index (χ0) is 8.93. The first-order valence-electron chi connectivity index (χ1n) is 5.85. The predicted octanol–water partition coefficient (Wildman–Crippen LogP) is 2.87. The van der Waals surface area contributed by atoms with E-state index in [1.165, 1.54) is 51.5 Å². The Hall–Kier alpha value is -0.300. The van der Waals surface area contributed by atoms with Gasteiger partial charge in [0.05, 0.1) is 0 Å². The van der Waals surface area contributed by atoms with Gasteiger partial charge in [-0.2, -0.15) is 0 Å². The van der Waals surface area contributed by atoms with Crippen LogP contribution in [0, 0.1) is 5.92 Å². The van der Waals surface area contributed by atoms with E-state index in [2.05, 4.69) is 17.5 Å². The molecule has 1 aliphatic carbocycles. The summed E-state index contributed by atoms with van der Waals surface area (Å²) in [5.74, 6) is 0.885. The van der Waals surface area contributed by atoms with Gasteiger partial charge in [-0.3, -0.25) is 0 Å². The van der Waals surface area contributed by atoms with Gasteiger partial charge < -0.3 is 5.32 Å². The summed E-state index contributed by atoms with van der Waals surface area (Å²) in [5.41, 5.74) is 0. The molecular weight excluding hydrogens is 158 g/mol. The highest BCUT2D eigenvalue weighted by Gasteiger charge is 2.17. The summed E-state index contributed by atoms with van der Waals surface area (Å²) in [7, 11) is 0. The van der Waals surface area contributed by atoms with Crippen LogP contribution < -0.4 is 5.32 Å². The van der Waals surface area contributed by atoms with Crippen molar-refractivity contribution in [1.29, 1.82) is 0 Å². The highest BCUT2D eigenvalue weighted by Crippen LogP contribution is 2.24. The first-order valence-corrected chi connectivity index (χ1v) is 5.85. The molecule has 2 rings (SSSR count).